The van der Waals surface area contributed by atoms with E-state index in [4.69, 9.17) is 37.4 Å². The first-order chi connectivity index (χ1) is 17.3. The van der Waals surface area contributed by atoms with E-state index in [1.807, 2.05) is 6.92 Å². The summed E-state index contributed by atoms with van der Waals surface area (Å²) in [4.78, 5) is 28.4. The maximum atomic E-state index is 13.5. The van der Waals surface area contributed by atoms with Crippen LogP contribution in [0.1, 0.15) is 51.0 Å². The molecule has 2 amide bonds. The fraction of sp³-hybridized carbons (Fsp3) is 0.481. The molecule has 0 saturated heterocycles. The van der Waals surface area contributed by atoms with Gasteiger partial charge in [0, 0.05) is 40.8 Å². The highest BCUT2D eigenvalue weighted by Crippen LogP contribution is 2.28. The van der Waals surface area contributed by atoms with Crippen LogP contribution in [-0.4, -0.2) is 49.6 Å². The van der Waals surface area contributed by atoms with Gasteiger partial charge in [0.15, 0.2) is 6.61 Å². The summed E-state index contributed by atoms with van der Waals surface area (Å²) >= 11 is 12.5. The lowest BCUT2D eigenvalue weighted by atomic mass is 9.95. The van der Waals surface area contributed by atoms with Gasteiger partial charge >= 0.3 is 0 Å². The van der Waals surface area contributed by atoms with E-state index in [0.29, 0.717) is 39.3 Å². The van der Waals surface area contributed by atoms with Crippen molar-refractivity contribution in [2.75, 3.05) is 20.8 Å². The Kier molecular flexibility index (Phi) is 10.6. The third-order valence-corrected chi connectivity index (χ3v) is 6.97. The van der Waals surface area contributed by atoms with Crippen molar-refractivity contribution in [3.63, 3.8) is 0 Å². The Hall–Kier alpha value is -2.64. The zero-order valence-corrected chi connectivity index (χ0v) is 22.5. The Morgan fingerprint density at radius 2 is 1.64 bits per heavy atom. The predicted molar refractivity (Wildman–Crippen MR) is 141 cm³/mol. The van der Waals surface area contributed by atoms with Gasteiger partial charge < -0.3 is 24.4 Å². The average molecular weight is 537 g/mol. The molecule has 9 heteroatoms. The number of halogens is 2. The zero-order valence-electron chi connectivity index (χ0n) is 21.0. The molecule has 0 radical (unpaired) electrons. The monoisotopic (exact) mass is 536 g/mol. The molecule has 0 aromatic heterocycles. The van der Waals surface area contributed by atoms with E-state index in [-0.39, 0.29) is 31.0 Å². The van der Waals surface area contributed by atoms with Gasteiger partial charge in [-0.15, -0.1) is 0 Å². The number of hydrogen-bond acceptors (Lipinski definition) is 5. The molecule has 0 bridgehead atoms. The summed E-state index contributed by atoms with van der Waals surface area (Å²) in [7, 11) is 3.08. The lowest BCUT2D eigenvalue weighted by Crippen LogP contribution is -2.52. The molecule has 1 aliphatic rings. The summed E-state index contributed by atoms with van der Waals surface area (Å²) in [6, 6.07) is 9.63. The first-order valence-electron chi connectivity index (χ1n) is 12.2. The van der Waals surface area contributed by atoms with Crippen LogP contribution in [0.4, 0.5) is 0 Å². The maximum absolute atomic E-state index is 13.5. The van der Waals surface area contributed by atoms with Crippen molar-refractivity contribution in [1.29, 1.82) is 0 Å². The molecule has 1 saturated carbocycles. The van der Waals surface area contributed by atoms with E-state index < -0.39 is 6.04 Å². The number of hydrogen-bond donors (Lipinski definition) is 1. The van der Waals surface area contributed by atoms with Crippen molar-refractivity contribution in [3.05, 3.63) is 52.0 Å². The summed E-state index contributed by atoms with van der Waals surface area (Å²) in [5, 5.41) is 4.09. The largest absolute Gasteiger partial charge is 0.496 e. The fourth-order valence-corrected chi connectivity index (χ4v) is 4.86. The quantitative estimate of drug-likeness (QED) is 0.401. The minimum Gasteiger partial charge on any atom is -0.496 e. The number of nitrogens with one attached hydrogen (secondary N) is 1. The SMILES string of the molecule is CC[C@@H](C(=O)NC1CCCCC1)N(Cc1ccc(Cl)cc1Cl)C(=O)COc1cc(OC)cc(OC)c1. The second kappa shape index (κ2) is 13.6. The van der Waals surface area contributed by atoms with Gasteiger partial charge in [0.25, 0.3) is 5.91 Å². The molecule has 7 nitrogen and oxygen atoms in total. The van der Waals surface area contributed by atoms with E-state index in [0.717, 1.165) is 25.7 Å². The van der Waals surface area contributed by atoms with E-state index in [9.17, 15) is 9.59 Å². The fourth-order valence-electron chi connectivity index (χ4n) is 4.39. The van der Waals surface area contributed by atoms with Gasteiger partial charge in [-0.05, 0) is 37.0 Å². The molecule has 1 aliphatic carbocycles. The van der Waals surface area contributed by atoms with Crippen LogP contribution in [0, 0.1) is 0 Å². The molecule has 196 valence electrons. The van der Waals surface area contributed by atoms with E-state index >= 15 is 0 Å². The highest BCUT2D eigenvalue weighted by molar-refractivity contribution is 6.35. The number of carbonyl (C=O) groups excluding carboxylic acids is 2. The Balaban J connectivity index is 1.81. The smallest absolute Gasteiger partial charge is 0.261 e. The second-order valence-corrected chi connectivity index (χ2v) is 9.71. The number of amides is 2. The number of carbonyl (C=O) groups is 2. The standard InChI is InChI=1S/C27H34Cl2N2O5/c1-4-25(27(33)30-20-8-6-5-7-9-20)31(16-18-10-11-19(28)12-24(18)29)26(32)17-36-23-14-21(34-2)13-22(15-23)35-3/h10-15,20,25H,4-9,16-17H2,1-3H3,(H,30,33)/t25-/m0/s1. The van der Waals surface area contributed by atoms with Crippen LogP contribution in [0.15, 0.2) is 36.4 Å². The lowest BCUT2D eigenvalue weighted by molar-refractivity contribution is -0.143. The van der Waals surface area contributed by atoms with Gasteiger partial charge in [-0.2, -0.15) is 0 Å². The van der Waals surface area contributed by atoms with Gasteiger partial charge in [-0.3, -0.25) is 9.59 Å². The molecule has 1 N–H and O–H groups in total. The van der Waals surface area contributed by atoms with Crippen molar-refractivity contribution in [3.8, 4) is 17.2 Å². The first kappa shape index (κ1) is 27.9. The summed E-state index contributed by atoms with van der Waals surface area (Å²) in [6.45, 7) is 1.77. The second-order valence-electron chi connectivity index (χ2n) is 8.86. The van der Waals surface area contributed by atoms with Gasteiger partial charge in [0.05, 0.1) is 14.2 Å². The number of ether oxygens (including phenoxy) is 3. The average Bonchev–Trinajstić information content (AvgIpc) is 2.88. The lowest BCUT2D eigenvalue weighted by Gasteiger charge is -2.33. The Morgan fingerprint density at radius 3 is 2.22 bits per heavy atom. The van der Waals surface area contributed by atoms with Crippen molar-refractivity contribution in [2.45, 2.75) is 64.1 Å². The Morgan fingerprint density at radius 1 is 1.00 bits per heavy atom. The highest BCUT2D eigenvalue weighted by Gasteiger charge is 2.31. The molecular weight excluding hydrogens is 503 g/mol. The third-order valence-electron chi connectivity index (χ3n) is 6.38. The van der Waals surface area contributed by atoms with Crippen LogP contribution in [-0.2, 0) is 16.1 Å². The molecule has 0 heterocycles. The van der Waals surface area contributed by atoms with Gasteiger partial charge in [-0.25, -0.2) is 0 Å². The predicted octanol–water partition coefficient (Wildman–Crippen LogP) is 5.65. The molecule has 0 unspecified atom stereocenters. The summed E-state index contributed by atoms with van der Waals surface area (Å²) < 4.78 is 16.4. The Labute approximate surface area is 223 Å². The number of benzene rings is 2. The van der Waals surface area contributed by atoms with Crippen LogP contribution in [0.3, 0.4) is 0 Å². The summed E-state index contributed by atoms with van der Waals surface area (Å²) in [5.74, 6) is 1.00. The minimum atomic E-state index is -0.672. The molecule has 2 aromatic rings. The molecule has 1 fully saturated rings. The molecule has 36 heavy (non-hydrogen) atoms. The van der Waals surface area contributed by atoms with E-state index in [1.165, 1.54) is 25.5 Å². The molecule has 2 aromatic carbocycles. The van der Waals surface area contributed by atoms with Crippen LogP contribution < -0.4 is 19.5 Å². The maximum Gasteiger partial charge on any atom is 0.261 e. The normalized spacial score (nSPS) is 14.6. The van der Waals surface area contributed by atoms with Crippen LogP contribution in [0.25, 0.3) is 0 Å². The number of rotatable bonds is 11. The Bertz CT molecular complexity index is 1020. The summed E-state index contributed by atoms with van der Waals surface area (Å²) in [5.41, 5.74) is 0.696. The van der Waals surface area contributed by atoms with E-state index in [2.05, 4.69) is 5.32 Å². The molecule has 0 spiro atoms. The number of methoxy groups -OCH3 is 2. The first-order valence-corrected chi connectivity index (χ1v) is 13.0. The van der Waals surface area contributed by atoms with E-state index in [1.54, 1.807) is 36.4 Å². The molecular formula is C27H34Cl2N2O5. The number of nitrogens with zero attached hydrogens (tertiary/aromatic N) is 1. The van der Waals surface area contributed by atoms with Gasteiger partial charge in [0.1, 0.15) is 23.3 Å². The van der Waals surface area contributed by atoms with Gasteiger partial charge in [0.2, 0.25) is 5.91 Å². The molecule has 0 aliphatic heterocycles. The summed E-state index contributed by atoms with van der Waals surface area (Å²) in [6.07, 6.45) is 5.75. The highest BCUT2D eigenvalue weighted by atomic mass is 35.5. The minimum absolute atomic E-state index is 0.136. The van der Waals surface area contributed by atoms with Gasteiger partial charge in [-0.1, -0.05) is 55.5 Å². The van der Waals surface area contributed by atoms with Crippen LogP contribution >= 0.6 is 23.2 Å². The molecule has 1 atom stereocenters. The van der Waals surface area contributed by atoms with Crippen LogP contribution in [0.5, 0.6) is 17.2 Å². The van der Waals surface area contributed by atoms with Crippen molar-refractivity contribution in [2.24, 2.45) is 0 Å². The van der Waals surface area contributed by atoms with Crippen molar-refractivity contribution in [1.82, 2.24) is 10.2 Å². The zero-order chi connectivity index (χ0) is 26.1. The van der Waals surface area contributed by atoms with Crippen LogP contribution in [0.2, 0.25) is 10.0 Å². The van der Waals surface area contributed by atoms with Crippen molar-refractivity contribution >= 4 is 35.0 Å². The third kappa shape index (κ3) is 7.68. The molecule has 3 rings (SSSR count). The van der Waals surface area contributed by atoms with Crippen molar-refractivity contribution < 1.29 is 23.8 Å². The topological polar surface area (TPSA) is 77.1 Å².